The summed E-state index contributed by atoms with van der Waals surface area (Å²) in [4.78, 5) is 11.0. The van der Waals surface area contributed by atoms with E-state index in [1.165, 1.54) is 39.5 Å². The lowest BCUT2D eigenvalue weighted by molar-refractivity contribution is -0.113. The minimum Gasteiger partial charge on any atom is -0.366 e. The Kier molecular flexibility index (Phi) is 5.20. The Hall–Kier alpha value is -3.39. The van der Waals surface area contributed by atoms with Gasteiger partial charge in [-0.15, -0.1) is 0 Å². The van der Waals surface area contributed by atoms with E-state index in [-0.39, 0.29) is 0 Å². The van der Waals surface area contributed by atoms with Crippen LogP contribution in [0.2, 0.25) is 0 Å². The molecule has 3 aromatic rings. The second-order valence-corrected chi connectivity index (χ2v) is 7.09. The Bertz CT molecular complexity index is 1040. The van der Waals surface area contributed by atoms with Crippen LogP contribution in [0.3, 0.4) is 0 Å². The lowest BCUT2D eigenvalue weighted by Gasteiger charge is -2.16. The van der Waals surface area contributed by atoms with Crippen LogP contribution in [0, 0.1) is 0 Å². The van der Waals surface area contributed by atoms with Gasteiger partial charge >= 0.3 is 0 Å². The number of rotatable bonds is 4. The number of amides is 1. The molecule has 0 bridgehead atoms. The second kappa shape index (κ2) is 8.10. The number of hydrogen-bond donors (Lipinski definition) is 1. The summed E-state index contributed by atoms with van der Waals surface area (Å²) in [7, 11) is 0. The molecule has 1 aliphatic rings. The molecule has 0 aliphatic heterocycles. The van der Waals surface area contributed by atoms with Crippen molar-refractivity contribution >= 4 is 23.1 Å². The van der Waals surface area contributed by atoms with E-state index < -0.39 is 5.91 Å². The van der Waals surface area contributed by atoms with Gasteiger partial charge in [-0.25, -0.2) is 0 Å². The molecule has 0 atom stereocenters. The lowest BCUT2D eigenvalue weighted by atomic mass is 9.87. The number of primary amides is 1. The van der Waals surface area contributed by atoms with Gasteiger partial charge in [-0.05, 0) is 64.3 Å². The summed E-state index contributed by atoms with van der Waals surface area (Å²) >= 11 is 0. The van der Waals surface area contributed by atoms with Gasteiger partial charge in [-0.3, -0.25) is 4.79 Å². The molecule has 0 spiro atoms. The molecule has 3 aromatic carbocycles. The van der Waals surface area contributed by atoms with Gasteiger partial charge in [0.15, 0.2) is 0 Å². The molecule has 0 heterocycles. The molecule has 1 aliphatic carbocycles. The van der Waals surface area contributed by atoms with Gasteiger partial charge in [0.05, 0.1) is 0 Å². The van der Waals surface area contributed by atoms with Crippen LogP contribution in [-0.4, -0.2) is 5.91 Å². The fourth-order valence-corrected chi connectivity index (χ4v) is 3.92. The Morgan fingerprint density at radius 2 is 1.50 bits per heavy atom. The monoisotopic (exact) mass is 365 g/mol. The van der Waals surface area contributed by atoms with Crippen molar-refractivity contribution in [1.82, 2.24) is 0 Å². The average molecular weight is 365 g/mol. The third-order valence-electron chi connectivity index (χ3n) is 5.22. The standard InChI is InChI=1S/C26H23NO/c27-25(28)18-15-19-13-16-22(17-14-19)26-23-11-5-4-9-21(23)10-6-12-24(26)20-7-2-1-3-8-20/h1-5,7-9,11,13-18H,6,10,12H2,(H2,27,28). The Morgan fingerprint density at radius 3 is 2.25 bits per heavy atom. The second-order valence-electron chi connectivity index (χ2n) is 7.09. The number of fused-ring (bicyclic) bond motifs is 1. The van der Waals surface area contributed by atoms with Crippen molar-refractivity contribution in [3.8, 4) is 0 Å². The number of carbonyl (C=O) groups is 1. The molecule has 1 amide bonds. The fourth-order valence-electron chi connectivity index (χ4n) is 3.92. The van der Waals surface area contributed by atoms with Crippen molar-refractivity contribution in [1.29, 1.82) is 0 Å². The first-order chi connectivity index (χ1) is 13.7. The van der Waals surface area contributed by atoms with Crippen molar-refractivity contribution in [2.45, 2.75) is 19.3 Å². The van der Waals surface area contributed by atoms with E-state index in [1.54, 1.807) is 6.08 Å². The molecule has 0 unspecified atom stereocenters. The highest BCUT2D eigenvalue weighted by molar-refractivity contribution is 6.00. The Morgan fingerprint density at radius 1 is 0.786 bits per heavy atom. The van der Waals surface area contributed by atoms with Gasteiger partial charge < -0.3 is 5.73 Å². The van der Waals surface area contributed by atoms with Crippen LogP contribution in [0.25, 0.3) is 17.2 Å². The van der Waals surface area contributed by atoms with E-state index in [0.29, 0.717) is 0 Å². The maximum absolute atomic E-state index is 11.0. The highest BCUT2D eigenvalue weighted by Gasteiger charge is 2.19. The molecular formula is C26H23NO. The fraction of sp³-hybridized carbons (Fsp3) is 0.115. The summed E-state index contributed by atoms with van der Waals surface area (Å²) < 4.78 is 0. The number of aryl methyl sites for hydroxylation is 1. The van der Waals surface area contributed by atoms with Crippen molar-refractivity contribution in [2.75, 3.05) is 0 Å². The number of carbonyl (C=O) groups excluding carboxylic acids is 1. The molecule has 2 heteroatoms. The van der Waals surface area contributed by atoms with E-state index >= 15 is 0 Å². The molecule has 0 radical (unpaired) electrons. The molecule has 138 valence electrons. The molecular weight excluding hydrogens is 342 g/mol. The number of nitrogens with two attached hydrogens (primary N) is 1. The van der Waals surface area contributed by atoms with Crippen LogP contribution in [0.4, 0.5) is 0 Å². The molecule has 28 heavy (non-hydrogen) atoms. The zero-order valence-corrected chi connectivity index (χ0v) is 15.8. The molecule has 0 saturated carbocycles. The van der Waals surface area contributed by atoms with Crippen molar-refractivity contribution < 1.29 is 4.79 Å². The van der Waals surface area contributed by atoms with Gasteiger partial charge in [-0.2, -0.15) is 0 Å². The summed E-state index contributed by atoms with van der Waals surface area (Å²) in [6.45, 7) is 0. The first kappa shape index (κ1) is 18.0. The zero-order valence-electron chi connectivity index (χ0n) is 15.8. The Balaban J connectivity index is 1.87. The highest BCUT2D eigenvalue weighted by atomic mass is 16.1. The molecule has 2 N–H and O–H groups in total. The maximum Gasteiger partial charge on any atom is 0.241 e. The van der Waals surface area contributed by atoms with Gasteiger partial charge in [0, 0.05) is 6.08 Å². The van der Waals surface area contributed by atoms with E-state index in [2.05, 4.69) is 66.7 Å². The van der Waals surface area contributed by atoms with Crippen LogP contribution in [0.1, 0.15) is 40.7 Å². The zero-order chi connectivity index (χ0) is 19.3. The highest BCUT2D eigenvalue weighted by Crippen LogP contribution is 2.39. The Labute approximate surface area is 166 Å². The van der Waals surface area contributed by atoms with Crippen molar-refractivity contribution in [3.05, 3.63) is 113 Å². The van der Waals surface area contributed by atoms with Crippen LogP contribution in [0.5, 0.6) is 0 Å². The number of allylic oxidation sites excluding steroid dienone is 1. The largest absolute Gasteiger partial charge is 0.366 e. The summed E-state index contributed by atoms with van der Waals surface area (Å²) in [6, 6.07) is 27.8. The number of benzene rings is 3. The van der Waals surface area contributed by atoms with Crippen LogP contribution in [-0.2, 0) is 11.2 Å². The first-order valence-corrected chi connectivity index (χ1v) is 9.67. The van der Waals surface area contributed by atoms with Crippen LogP contribution < -0.4 is 5.73 Å². The van der Waals surface area contributed by atoms with Crippen molar-refractivity contribution in [3.63, 3.8) is 0 Å². The van der Waals surface area contributed by atoms with Gasteiger partial charge in [0.2, 0.25) is 5.91 Å². The summed E-state index contributed by atoms with van der Waals surface area (Å²) in [5.74, 6) is -0.434. The maximum atomic E-state index is 11.0. The average Bonchev–Trinajstić information content (AvgIpc) is 2.93. The molecule has 0 aromatic heterocycles. The predicted molar refractivity (Wildman–Crippen MR) is 116 cm³/mol. The first-order valence-electron chi connectivity index (χ1n) is 9.67. The quantitative estimate of drug-likeness (QED) is 0.611. The van der Waals surface area contributed by atoms with Gasteiger partial charge in [0.1, 0.15) is 0 Å². The summed E-state index contributed by atoms with van der Waals surface area (Å²) in [6.07, 6.45) is 6.43. The van der Waals surface area contributed by atoms with Crippen LogP contribution in [0.15, 0.2) is 84.9 Å². The van der Waals surface area contributed by atoms with E-state index in [4.69, 9.17) is 5.73 Å². The normalized spacial score (nSPS) is 14.0. The van der Waals surface area contributed by atoms with E-state index in [9.17, 15) is 4.79 Å². The number of hydrogen-bond acceptors (Lipinski definition) is 1. The van der Waals surface area contributed by atoms with E-state index in [0.717, 1.165) is 24.8 Å². The SMILES string of the molecule is NC(=O)C=Cc1ccc(C2=C(c3ccccc3)CCCc3ccccc32)cc1. The third kappa shape index (κ3) is 3.81. The third-order valence-corrected chi connectivity index (χ3v) is 5.22. The smallest absolute Gasteiger partial charge is 0.241 e. The predicted octanol–water partition coefficient (Wildman–Crippen LogP) is 5.48. The van der Waals surface area contributed by atoms with Crippen molar-refractivity contribution in [2.24, 2.45) is 5.73 Å². The van der Waals surface area contributed by atoms with E-state index in [1.807, 2.05) is 12.1 Å². The van der Waals surface area contributed by atoms with Gasteiger partial charge in [0.25, 0.3) is 0 Å². The van der Waals surface area contributed by atoms with Crippen LogP contribution >= 0.6 is 0 Å². The minimum absolute atomic E-state index is 0.434. The summed E-state index contributed by atoms with van der Waals surface area (Å²) in [5, 5.41) is 0. The molecule has 0 fully saturated rings. The minimum atomic E-state index is -0.434. The topological polar surface area (TPSA) is 43.1 Å². The van der Waals surface area contributed by atoms with Gasteiger partial charge in [-0.1, -0.05) is 78.9 Å². The molecule has 4 rings (SSSR count). The molecule has 2 nitrogen and oxygen atoms in total. The molecule has 0 saturated heterocycles. The summed E-state index contributed by atoms with van der Waals surface area (Å²) in [5.41, 5.74) is 14.1. The lowest BCUT2D eigenvalue weighted by Crippen LogP contribution is -2.05.